The molecule has 0 saturated heterocycles. The minimum atomic E-state index is -3.75. The van der Waals surface area contributed by atoms with Crippen LogP contribution in [-0.2, 0) is 10.0 Å². The van der Waals surface area contributed by atoms with Crippen LogP contribution in [0.2, 0.25) is 5.02 Å². The standard InChI is InChI=1S/C14H13ClN2O2S/c1-10-6-7-12(8-14(10)20(16,18)19)17-9-11-4-2-3-5-13(11)15/h2-9H,1H3,(H2,16,18,19). The second-order valence-electron chi connectivity index (χ2n) is 4.27. The van der Waals surface area contributed by atoms with E-state index in [2.05, 4.69) is 4.99 Å². The molecule has 0 aromatic heterocycles. The molecular weight excluding hydrogens is 296 g/mol. The highest BCUT2D eigenvalue weighted by Gasteiger charge is 2.11. The van der Waals surface area contributed by atoms with Gasteiger partial charge in [-0.3, -0.25) is 4.99 Å². The van der Waals surface area contributed by atoms with Crippen molar-refractivity contribution in [1.29, 1.82) is 0 Å². The lowest BCUT2D eigenvalue weighted by Gasteiger charge is -2.04. The van der Waals surface area contributed by atoms with Crippen LogP contribution in [0.3, 0.4) is 0 Å². The molecule has 0 amide bonds. The molecule has 0 aliphatic heterocycles. The Hall–Kier alpha value is -1.69. The first-order valence-electron chi connectivity index (χ1n) is 5.80. The number of sulfonamides is 1. The Kier molecular flexibility index (Phi) is 4.23. The number of benzene rings is 2. The molecule has 0 aliphatic carbocycles. The maximum Gasteiger partial charge on any atom is 0.238 e. The minimum Gasteiger partial charge on any atom is -0.256 e. The van der Waals surface area contributed by atoms with Gasteiger partial charge in [-0.15, -0.1) is 0 Å². The number of aliphatic imine (C=N–C) groups is 1. The minimum absolute atomic E-state index is 0.0753. The number of nitrogens with two attached hydrogens (primary N) is 1. The van der Waals surface area contributed by atoms with E-state index in [0.717, 1.165) is 5.56 Å². The van der Waals surface area contributed by atoms with E-state index in [0.29, 0.717) is 16.3 Å². The van der Waals surface area contributed by atoms with Gasteiger partial charge in [0.2, 0.25) is 10.0 Å². The average Bonchev–Trinajstić information content (AvgIpc) is 2.38. The van der Waals surface area contributed by atoms with Crippen LogP contribution >= 0.6 is 11.6 Å². The van der Waals surface area contributed by atoms with E-state index in [1.807, 2.05) is 18.2 Å². The molecule has 6 heteroatoms. The molecule has 2 N–H and O–H groups in total. The van der Waals surface area contributed by atoms with Gasteiger partial charge in [0.05, 0.1) is 10.6 Å². The van der Waals surface area contributed by atoms with Gasteiger partial charge in [0.15, 0.2) is 0 Å². The van der Waals surface area contributed by atoms with Crippen molar-refractivity contribution in [3.05, 3.63) is 58.6 Å². The van der Waals surface area contributed by atoms with E-state index in [-0.39, 0.29) is 4.90 Å². The van der Waals surface area contributed by atoms with E-state index in [9.17, 15) is 8.42 Å². The van der Waals surface area contributed by atoms with Gasteiger partial charge in [0.25, 0.3) is 0 Å². The van der Waals surface area contributed by atoms with E-state index >= 15 is 0 Å². The van der Waals surface area contributed by atoms with Crippen LogP contribution in [0.25, 0.3) is 0 Å². The first-order chi connectivity index (χ1) is 9.38. The highest BCUT2D eigenvalue weighted by molar-refractivity contribution is 7.89. The Labute approximate surface area is 123 Å². The lowest BCUT2D eigenvalue weighted by atomic mass is 10.2. The zero-order valence-electron chi connectivity index (χ0n) is 10.7. The molecular formula is C14H13ClN2O2S. The molecule has 2 aromatic carbocycles. The maximum absolute atomic E-state index is 11.4. The molecule has 2 rings (SSSR count). The monoisotopic (exact) mass is 308 g/mol. The smallest absolute Gasteiger partial charge is 0.238 e. The fraction of sp³-hybridized carbons (Fsp3) is 0.0714. The van der Waals surface area contributed by atoms with Crippen molar-refractivity contribution >= 4 is 33.5 Å². The predicted molar refractivity (Wildman–Crippen MR) is 81.3 cm³/mol. The Morgan fingerprint density at radius 2 is 1.90 bits per heavy atom. The van der Waals surface area contributed by atoms with Gasteiger partial charge in [-0.25, -0.2) is 13.6 Å². The molecule has 0 saturated carbocycles. The molecule has 0 atom stereocenters. The summed E-state index contributed by atoms with van der Waals surface area (Å²) in [6, 6.07) is 12.1. The number of nitrogens with zero attached hydrogens (tertiary/aromatic N) is 1. The maximum atomic E-state index is 11.4. The van der Waals surface area contributed by atoms with Crippen LogP contribution in [0.15, 0.2) is 52.4 Å². The van der Waals surface area contributed by atoms with Crippen molar-refractivity contribution in [1.82, 2.24) is 0 Å². The SMILES string of the molecule is Cc1ccc(N=Cc2ccccc2Cl)cc1S(N)(=O)=O. The van der Waals surface area contributed by atoms with Crippen LogP contribution in [0.5, 0.6) is 0 Å². The topological polar surface area (TPSA) is 72.5 Å². The lowest BCUT2D eigenvalue weighted by molar-refractivity contribution is 0.597. The largest absolute Gasteiger partial charge is 0.256 e. The zero-order valence-corrected chi connectivity index (χ0v) is 12.3. The van der Waals surface area contributed by atoms with Gasteiger partial charge in [0.1, 0.15) is 0 Å². The van der Waals surface area contributed by atoms with Crippen molar-refractivity contribution in [3.63, 3.8) is 0 Å². The second-order valence-corrected chi connectivity index (χ2v) is 6.21. The average molecular weight is 309 g/mol. The van der Waals surface area contributed by atoms with Crippen molar-refractivity contribution in [3.8, 4) is 0 Å². The van der Waals surface area contributed by atoms with E-state index in [1.54, 1.807) is 31.3 Å². The van der Waals surface area contributed by atoms with Crippen LogP contribution in [0.1, 0.15) is 11.1 Å². The van der Waals surface area contributed by atoms with Crippen LogP contribution in [0.4, 0.5) is 5.69 Å². The zero-order chi connectivity index (χ0) is 14.8. The summed E-state index contributed by atoms with van der Waals surface area (Å²) in [5.74, 6) is 0. The second kappa shape index (κ2) is 5.75. The third-order valence-corrected chi connectivity index (χ3v) is 4.13. The van der Waals surface area contributed by atoms with Crippen molar-refractivity contribution in [2.45, 2.75) is 11.8 Å². The summed E-state index contributed by atoms with van der Waals surface area (Å²) in [6.07, 6.45) is 1.58. The van der Waals surface area contributed by atoms with Gasteiger partial charge < -0.3 is 0 Å². The fourth-order valence-corrected chi connectivity index (χ4v) is 2.69. The summed E-state index contributed by atoms with van der Waals surface area (Å²) in [5.41, 5.74) is 1.84. The molecule has 104 valence electrons. The van der Waals surface area contributed by atoms with Gasteiger partial charge in [-0.2, -0.15) is 0 Å². The van der Waals surface area contributed by atoms with Crippen LogP contribution < -0.4 is 5.14 Å². The number of hydrogen-bond donors (Lipinski definition) is 1. The highest BCUT2D eigenvalue weighted by atomic mass is 35.5. The summed E-state index contributed by atoms with van der Waals surface area (Å²) >= 11 is 6.01. The molecule has 0 heterocycles. The summed E-state index contributed by atoms with van der Waals surface area (Å²) in [6.45, 7) is 1.68. The molecule has 0 radical (unpaired) electrons. The summed E-state index contributed by atoms with van der Waals surface area (Å²) in [7, 11) is -3.75. The predicted octanol–water partition coefficient (Wildman–Crippen LogP) is 3.05. The summed E-state index contributed by atoms with van der Waals surface area (Å²) in [4.78, 5) is 4.30. The number of primary sulfonamides is 1. The number of rotatable bonds is 3. The molecule has 20 heavy (non-hydrogen) atoms. The van der Waals surface area contributed by atoms with Gasteiger partial charge in [0, 0.05) is 16.8 Å². The molecule has 0 spiro atoms. The molecule has 4 nitrogen and oxygen atoms in total. The van der Waals surface area contributed by atoms with Crippen molar-refractivity contribution in [2.75, 3.05) is 0 Å². The molecule has 2 aromatic rings. The van der Waals surface area contributed by atoms with E-state index in [4.69, 9.17) is 16.7 Å². The van der Waals surface area contributed by atoms with Gasteiger partial charge in [-0.1, -0.05) is 35.9 Å². The quantitative estimate of drug-likeness (QED) is 0.885. The number of aryl methyl sites for hydroxylation is 1. The normalized spacial score (nSPS) is 11.9. The first-order valence-corrected chi connectivity index (χ1v) is 7.72. The Morgan fingerprint density at radius 3 is 2.55 bits per heavy atom. The highest BCUT2D eigenvalue weighted by Crippen LogP contribution is 2.21. The molecule has 0 unspecified atom stereocenters. The first kappa shape index (κ1) is 14.7. The van der Waals surface area contributed by atoms with Gasteiger partial charge >= 0.3 is 0 Å². The van der Waals surface area contributed by atoms with Crippen molar-refractivity contribution < 1.29 is 8.42 Å². The molecule has 0 fully saturated rings. The summed E-state index contributed by atoms with van der Waals surface area (Å²) in [5, 5.41) is 5.74. The van der Waals surface area contributed by atoms with Crippen molar-refractivity contribution in [2.24, 2.45) is 10.1 Å². The fourth-order valence-electron chi connectivity index (χ4n) is 1.70. The summed E-state index contributed by atoms with van der Waals surface area (Å²) < 4.78 is 22.9. The van der Waals surface area contributed by atoms with Gasteiger partial charge in [-0.05, 0) is 30.7 Å². The lowest BCUT2D eigenvalue weighted by Crippen LogP contribution is -2.13. The van der Waals surface area contributed by atoms with E-state index in [1.165, 1.54) is 6.07 Å². The third-order valence-electron chi connectivity index (χ3n) is 2.74. The Bertz CT molecular complexity index is 770. The number of halogens is 1. The Morgan fingerprint density at radius 1 is 1.20 bits per heavy atom. The molecule has 0 aliphatic rings. The van der Waals surface area contributed by atoms with Crippen LogP contribution in [0, 0.1) is 6.92 Å². The number of hydrogen-bond acceptors (Lipinski definition) is 3. The van der Waals surface area contributed by atoms with E-state index < -0.39 is 10.0 Å². The Balaban J connectivity index is 2.39. The third kappa shape index (κ3) is 3.45. The molecule has 0 bridgehead atoms. The van der Waals surface area contributed by atoms with Crippen LogP contribution in [-0.4, -0.2) is 14.6 Å².